The number of likely N-dealkylation sites (tertiary alicyclic amines) is 1. The number of hydrogen-bond donors (Lipinski definition) is 0. The highest BCUT2D eigenvalue weighted by molar-refractivity contribution is 6.21. The van der Waals surface area contributed by atoms with E-state index in [9.17, 15) is 4.79 Å². The van der Waals surface area contributed by atoms with E-state index < -0.39 is 0 Å². The summed E-state index contributed by atoms with van der Waals surface area (Å²) in [6.45, 7) is 12.5. The van der Waals surface area contributed by atoms with Gasteiger partial charge in [0.15, 0.2) is 0 Å². The van der Waals surface area contributed by atoms with E-state index in [-0.39, 0.29) is 16.7 Å². The minimum atomic E-state index is 0.123. The molecule has 2 nitrogen and oxygen atoms in total. The van der Waals surface area contributed by atoms with Crippen LogP contribution in [0.3, 0.4) is 0 Å². The van der Waals surface area contributed by atoms with Crippen molar-refractivity contribution in [1.82, 2.24) is 4.90 Å². The first-order valence-electron chi connectivity index (χ1n) is 6.63. The van der Waals surface area contributed by atoms with E-state index >= 15 is 0 Å². The Labute approximate surface area is 111 Å². The molecule has 0 aromatic heterocycles. The molecule has 0 saturated carbocycles. The maximum Gasteiger partial charge on any atom is 0.222 e. The van der Waals surface area contributed by atoms with Crippen molar-refractivity contribution in [1.29, 1.82) is 0 Å². The van der Waals surface area contributed by atoms with Crippen molar-refractivity contribution in [3.8, 4) is 0 Å². The van der Waals surface area contributed by atoms with Gasteiger partial charge in [-0.1, -0.05) is 34.6 Å². The van der Waals surface area contributed by atoms with Gasteiger partial charge in [-0.25, -0.2) is 0 Å². The molecule has 0 spiro atoms. The van der Waals surface area contributed by atoms with E-state index in [0.717, 1.165) is 19.5 Å². The van der Waals surface area contributed by atoms with Gasteiger partial charge >= 0.3 is 0 Å². The molecule has 0 bridgehead atoms. The van der Waals surface area contributed by atoms with Crippen molar-refractivity contribution in [2.45, 2.75) is 52.8 Å². The second kappa shape index (κ2) is 5.60. The predicted molar refractivity (Wildman–Crippen MR) is 73.2 cm³/mol. The van der Waals surface area contributed by atoms with Gasteiger partial charge in [0.05, 0.1) is 5.38 Å². The summed E-state index contributed by atoms with van der Waals surface area (Å²) < 4.78 is 0. The van der Waals surface area contributed by atoms with Gasteiger partial charge in [0, 0.05) is 19.5 Å². The van der Waals surface area contributed by atoms with Crippen LogP contribution in [0.15, 0.2) is 0 Å². The summed E-state index contributed by atoms with van der Waals surface area (Å²) in [5.41, 5.74) is 0.194. The number of hydrogen-bond acceptors (Lipinski definition) is 1. The van der Waals surface area contributed by atoms with Crippen LogP contribution in [0, 0.1) is 17.3 Å². The fraction of sp³-hybridized carbons (Fsp3) is 0.929. The van der Waals surface area contributed by atoms with Crippen LogP contribution in [0.25, 0.3) is 0 Å². The van der Waals surface area contributed by atoms with Gasteiger partial charge in [-0.2, -0.15) is 0 Å². The highest BCUT2D eigenvalue weighted by atomic mass is 35.5. The topological polar surface area (TPSA) is 20.3 Å². The highest BCUT2D eigenvalue weighted by Gasteiger charge is 2.30. The monoisotopic (exact) mass is 259 g/mol. The smallest absolute Gasteiger partial charge is 0.222 e. The molecule has 1 rings (SSSR count). The van der Waals surface area contributed by atoms with E-state index in [1.54, 1.807) is 0 Å². The maximum atomic E-state index is 12.2. The molecule has 17 heavy (non-hydrogen) atoms. The highest BCUT2D eigenvalue weighted by Crippen LogP contribution is 2.29. The molecule has 3 heteroatoms. The summed E-state index contributed by atoms with van der Waals surface area (Å²) in [4.78, 5) is 14.1. The number of carbonyl (C=O) groups is 1. The molecule has 1 aliphatic heterocycles. The first kappa shape index (κ1) is 14.8. The number of alkyl halides is 1. The average Bonchev–Trinajstić information content (AvgIpc) is 2.20. The molecule has 100 valence electrons. The Morgan fingerprint density at radius 2 is 2.06 bits per heavy atom. The lowest BCUT2D eigenvalue weighted by Gasteiger charge is -2.36. The minimum absolute atomic E-state index is 0.123. The number of halogens is 1. The fourth-order valence-electron chi connectivity index (χ4n) is 1.95. The molecule has 1 aliphatic rings. The SMILES string of the molecule is CC1CCN(C(=O)CC(C)C(C)(C)C)CC1Cl. The minimum Gasteiger partial charge on any atom is -0.341 e. The van der Waals surface area contributed by atoms with Crippen LogP contribution in [0.1, 0.15) is 47.5 Å². The largest absolute Gasteiger partial charge is 0.341 e. The van der Waals surface area contributed by atoms with Gasteiger partial charge in [0.1, 0.15) is 0 Å². The second-order valence-electron chi connectivity index (χ2n) is 6.59. The summed E-state index contributed by atoms with van der Waals surface area (Å²) >= 11 is 6.24. The Kier molecular flexibility index (Phi) is 4.88. The molecule has 0 aromatic carbocycles. The van der Waals surface area contributed by atoms with Crippen molar-refractivity contribution in [2.75, 3.05) is 13.1 Å². The standard InChI is InChI=1S/C14H26ClNO/c1-10-6-7-16(9-12(10)15)13(17)8-11(2)14(3,4)5/h10-12H,6-9H2,1-5H3. The molecule has 0 aliphatic carbocycles. The van der Waals surface area contributed by atoms with Crippen LogP contribution in [0.4, 0.5) is 0 Å². The van der Waals surface area contributed by atoms with Gasteiger partial charge in [0.2, 0.25) is 5.91 Å². The molecule has 0 radical (unpaired) electrons. The van der Waals surface area contributed by atoms with E-state index in [2.05, 4.69) is 34.6 Å². The first-order chi connectivity index (χ1) is 7.71. The zero-order chi connectivity index (χ0) is 13.2. The molecular formula is C14H26ClNO. The lowest BCUT2D eigenvalue weighted by Crippen LogP contribution is -2.44. The Morgan fingerprint density at radius 3 is 2.53 bits per heavy atom. The number of rotatable bonds is 2. The lowest BCUT2D eigenvalue weighted by molar-refractivity contribution is -0.134. The van der Waals surface area contributed by atoms with Crippen molar-refractivity contribution in [3.05, 3.63) is 0 Å². The van der Waals surface area contributed by atoms with E-state index in [1.165, 1.54) is 0 Å². The van der Waals surface area contributed by atoms with Crippen LogP contribution in [0.5, 0.6) is 0 Å². The van der Waals surface area contributed by atoms with Crippen LogP contribution >= 0.6 is 11.6 Å². The summed E-state index contributed by atoms with van der Waals surface area (Å²) in [6.07, 6.45) is 1.67. The molecule has 1 saturated heterocycles. The van der Waals surface area contributed by atoms with Gasteiger partial charge in [0.25, 0.3) is 0 Å². The number of carbonyl (C=O) groups excluding carboxylic acids is 1. The summed E-state index contributed by atoms with van der Waals surface area (Å²) in [7, 11) is 0. The third-order valence-electron chi connectivity index (χ3n) is 4.18. The predicted octanol–water partition coefficient (Wildman–Crippen LogP) is 3.53. The first-order valence-corrected chi connectivity index (χ1v) is 7.07. The van der Waals surface area contributed by atoms with Crippen LogP contribution in [0.2, 0.25) is 0 Å². The summed E-state index contributed by atoms with van der Waals surface area (Å²) in [6, 6.07) is 0. The number of amides is 1. The van der Waals surface area contributed by atoms with E-state index in [1.807, 2.05) is 4.90 Å². The molecule has 0 aromatic rings. The molecule has 1 fully saturated rings. The zero-order valence-corrected chi connectivity index (χ0v) is 12.5. The van der Waals surface area contributed by atoms with Gasteiger partial charge in [-0.05, 0) is 23.7 Å². The van der Waals surface area contributed by atoms with Crippen LogP contribution < -0.4 is 0 Å². The van der Waals surface area contributed by atoms with Crippen LogP contribution in [-0.4, -0.2) is 29.3 Å². The Hall–Kier alpha value is -0.240. The van der Waals surface area contributed by atoms with E-state index in [4.69, 9.17) is 11.6 Å². The lowest BCUT2D eigenvalue weighted by atomic mass is 9.80. The fourth-order valence-corrected chi connectivity index (χ4v) is 2.24. The van der Waals surface area contributed by atoms with Gasteiger partial charge in [-0.15, -0.1) is 11.6 Å². The van der Waals surface area contributed by atoms with Crippen molar-refractivity contribution in [3.63, 3.8) is 0 Å². The summed E-state index contributed by atoms with van der Waals surface area (Å²) in [5.74, 6) is 1.20. The molecule has 3 unspecified atom stereocenters. The van der Waals surface area contributed by atoms with E-state index in [0.29, 0.717) is 18.3 Å². The number of nitrogens with zero attached hydrogens (tertiary/aromatic N) is 1. The van der Waals surface area contributed by atoms with Crippen LogP contribution in [-0.2, 0) is 4.79 Å². The Morgan fingerprint density at radius 1 is 1.47 bits per heavy atom. The third kappa shape index (κ3) is 4.17. The average molecular weight is 260 g/mol. The second-order valence-corrected chi connectivity index (χ2v) is 7.15. The molecular weight excluding hydrogens is 234 g/mol. The molecule has 0 N–H and O–H groups in total. The van der Waals surface area contributed by atoms with Crippen molar-refractivity contribution < 1.29 is 4.79 Å². The van der Waals surface area contributed by atoms with Crippen molar-refractivity contribution in [2.24, 2.45) is 17.3 Å². The Balaban J connectivity index is 2.49. The zero-order valence-electron chi connectivity index (χ0n) is 11.8. The van der Waals surface area contributed by atoms with Gasteiger partial charge in [-0.3, -0.25) is 4.79 Å². The summed E-state index contributed by atoms with van der Waals surface area (Å²) in [5, 5.41) is 0.123. The normalized spacial score (nSPS) is 28.0. The quantitative estimate of drug-likeness (QED) is 0.695. The molecule has 1 amide bonds. The molecule has 3 atom stereocenters. The Bertz CT molecular complexity index is 272. The van der Waals surface area contributed by atoms with Gasteiger partial charge < -0.3 is 4.90 Å². The third-order valence-corrected chi connectivity index (χ3v) is 4.75. The van der Waals surface area contributed by atoms with Crippen molar-refractivity contribution >= 4 is 17.5 Å². The number of piperidine rings is 1. The molecule has 1 heterocycles. The maximum absolute atomic E-state index is 12.2.